The second kappa shape index (κ2) is 4.08. The molecule has 6 heteroatoms. The highest BCUT2D eigenvalue weighted by Gasteiger charge is 2.20. The van der Waals surface area contributed by atoms with Crippen LogP contribution in [0.2, 0.25) is 0 Å². The number of carbonyl (C=O) groups excluding carboxylic acids is 2. The molecule has 70 valence electrons. The van der Waals surface area contributed by atoms with Gasteiger partial charge in [0.1, 0.15) is 0 Å². The number of aliphatic imine (C=N–C) groups is 1. The molecule has 13 heavy (non-hydrogen) atoms. The van der Waals surface area contributed by atoms with Crippen molar-refractivity contribution in [2.75, 3.05) is 6.61 Å². The molecule has 0 atom stereocenters. The van der Waals surface area contributed by atoms with Gasteiger partial charge in [0, 0.05) is 6.08 Å². The van der Waals surface area contributed by atoms with E-state index in [-0.39, 0.29) is 16.7 Å². The number of esters is 1. The summed E-state index contributed by atoms with van der Waals surface area (Å²) in [5, 5.41) is 0.153. The van der Waals surface area contributed by atoms with Gasteiger partial charge in [0.15, 0.2) is 5.17 Å². The first-order valence-corrected chi connectivity index (χ1v) is 4.40. The van der Waals surface area contributed by atoms with Crippen LogP contribution in [0.5, 0.6) is 0 Å². The minimum atomic E-state index is -0.553. The van der Waals surface area contributed by atoms with Crippen LogP contribution >= 0.6 is 11.8 Å². The third-order valence-electron chi connectivity index (χ3n) is 1.17. The topological polar surface area (TPSA) is 81.8 Å². The Labute approximate surface area is 79.0 Å². The molecule has 0 bridgehead atoms. The van der Waals surface area contributed by atoms with E-state index >= 15 is 0 Å². The first-order valence-electron chi connectivity index (χ1n) is 3.58. The Hall–Kier alpha value is -1.30. The maximum atomic E-state index is 11.0. The Morgan fingerprint density at radius 2 is 2.46 bits per heavy atom. The van der Waals surface area contributed by atoms with Crippen LogP contribution in [0, 0.1) is 0 Å². The number of hydrogen-bond acceptors (Lipinski definition) is 5. The monoisotopic (exact) mass is 200 g/mol. The van der Waals surface area contributed by atoms with Gasteiger partial charge in [-0.05, 0) is 18.7 Å². The number of nitrogens with zero attached hydrogens (tertiary/aromatic N) is 1. The molecule has 0 aromatic rings. The van der Waals surface area contributed by atoms with E-state index in [9.17, 15) is 9.59 Å². The normalized spacial score (nSPS) is 19.0. The number of ether oxygens (including phenoxy) is 1. The molecule has 1 heterocycles. The maximum Gasteiger partial charge on any atom is 0.332 e. The van der Waals surface area contributed by atoms with Gasteiger partial charge in [-0.1, -0.05) is 0 Å². The van der Waals surface area contributed by atoms with Crippen molar-refractivity contribution in [2.45, 2.75) is 6.92 Å². The number of rotatable bonds is 2. The first kappa shape index (κ1) is 9.79. The Kier molecular flexibility index (Phi) is 3.07. The largest absolute Gasteiger partial charge is 0.463 e. The molecule has 1 aliphatic heterocycles. The predicted octanol–water partition coefficient (Wildman–Crippen LogP) is 0.0215. The Balaban J connectivity index is 2.65. The summed E-state index contributed by atoms with van der Waals surface area (Å²) >= 11 is 0.966. The van der Waals surface area contributed by atoms with Gasteiger partial charge < -0.3 is 10.5 Å². The van der Waals surface area contributed by atoms with Crippen molar-refractivity contribution in [1.82, 2.24) is 0 Å². The van der Waals surface area contributed by atoms with Crippen molar-refractivity contribution >= 4 is 28.8 Å². The first-order chi connectivity index (χ1) is 6.13. The van der Waals surface area contributed by atoms with E-state index in [0.717, 1.165) is 17.8 Å². The van der Waals surface area contributed by atoms with E-state index in [1.807, 2.05) is 0 Å². The average molecular weight is 200 g/mol. The van der Waals surface area contributed by atoms with Crippen LogP contribution in [0.1, 0.15) is 6.92 Å². The van der Waals surface area contributed by atoms with Gasteiger partial charge in [-0.2, -0.15) is 4.99 Å². The highest BCUT2D eigenvalue weighted by atomic mass is 32.2. The summed E-state index contributed by atoms with van der Waals surface area (Å²) in [5.74, 6) is -1.04. The molecule has 0 aromatic heterocycles. The average Bonchev–Trinajstić information content (AvgIpc) is 2.30. The van der Waals surface area contributed by atoms with Gasteiger partial charge in [0.05, 0.1) is 11.5 Å². The van der Waals surface area contributed by atoms with Crippen LogP contribution < -0.4 is 5.73 Å². The van der Waals surface area contributed by atoms with E-state index in [2.05, 4.69) is 9.73 Å². The molecule has 0 aliphatic carbocycles. The minimum absolute atomic E-state index is 0.153. The Bertz CT molecular complexity index is 309. The molecule has 5 nitrogen and oxygen atoms in total. The van der Waals surface area contributed by atoms with Crippen molar-refractivity contribution in [3.8, 4) is 0 Å². The van der Waals surface area contributed by atoms with Crippen LogP contribution in [0.3, 0.4) is 0 Å². The van der Waals surface area contributed by atoms with E-state index in [0.29, 0.717) is 0 Å². The maximum absolute atomic E-state index is 11.0. The summed E-state index contributed by atoms with van der Waals surface area (Å²) in [7, 11) is 0. The Morgan fingerprint density at radius 3 is 2.92 bits per heavy atom. The lowest BCUT2D eigenvalue weighted by Crippen LogP contribution is -2.02. The van der Waals surface area contributed by atoms with Gasteiger partial charge >= 0.3 is 5.97 Å². The quantitative estimate of drug-likeness (QED) is 0.502. The summed E-state index contributed by atoms with van der Waals surface area (Å²) < 4.78 is 4.61. The molecule has 1 amide bonds. The summed E-state index contributed by atoms with van der Waals surface area (Å²) in [5.41, 5.74) is 5.26. The number of carbonyl (C=O) groups is 2. The number of thioether (sulfide) groups is 1. The van der Waals surface area contributed by atoms with Gasteiger partial charge in [-0.3, -0.25) is 4.79 Å². The number of nitrogens with two attached hydrogens (primary N) is 1. The fourth-order valence-electron chi connectivity index (χ4n) is 0.716. The van der Waals surface area contributed by atoms with Crippen molar-refractivity contribution in [3.63, 3.8) is 0 Å². The predicted molar refractivity (Wildman–Crippen MR) is 48.9 cm³/mol. The van der Waals surface area contributed by atoms with Crippen LogP contribution in [0.15, 0.2) is 16.0 Å². The fourth-order valence-corrected chi connectivity index (χ4v) is 1.36. The summed E-state index contributed by atoms with van der Waals surface area (Å²) in [6.45, 7) is 1.96. The summed E-state index contributed by atoms with van der Waals surface area (Å²) in [6.07, 6.45) is 1.10. The molecule has 0 spiro atoms. The lowest BCUT2D eigenvalue weighted by Gasteiger charge is -1.95. The molecular weight excluding hydrogens is 192 g/mol. The molecule has 1 aliphatic rings. The van der Waals surface area contributed by atoms with Gasteiger partial charge in [-0.15, -0.1) is 0 Å². The number of amidine groups is 1. The molecule has 0 fully saturated rings. The number of hydrogen-bond donors (Lipinski definition) is 1. The number of amides is 1. The Morgan fingerprint density at radius 1 is 1.77 bits per heavy atom. The van der Waals surface area contributed by atoms with Crippen molar-refractivity contribution in [1.29, 1.82) is 0 Å². The second-order valence-electron chi connectivity index (χ2n) is 2.12. The van der Waals surface area contributed by atoms with Crippen molar-refractivity contribution in [2.24, 2.45) is 10.7 Å². The zero-order valence-corrected chi connectivity index (χ0v) is 7.76. The zero-order valence-electron chi connectivity index (χ0n) is 6.94. The van der Waals surface area contributed by atoms with Crippen molar-refractivity contribution < 1.29 is 14.3 Å². The zero-order chi connectivity index (χ0) is 9.84. The highest BCUT2D eigenvalue weighted by molar-refractivity contribution is 8.18. The SMILES string of the molecule is CCOC(=O)/C=C1/SC(N)=NC1=O. The lowest BCUT2D eigenvalue weighted by atomic mass is 10.5. The van der Waals surface area contributed by atoms with Gasteiger partial charge in [0.2, 0.25) is 0 Å². The summed E-state index contributed by atoms with van der Waals surface area (Å²) in [4.78, 5) is 25.5. The molecule has 2 N–H and O–H groups in total. The van der Waals surface area contributed by atoms with E-state index in [1.165, 1.54) is 0 Å². The third-order valence-corrected chi connectivity index (χ3v) is 1.99. The molecule has 0 radical (unpaired) electrons. The summed E-state index contributed by atoms with van der Waals surface area (Å²) in [6, 6.07) is 0. The highest BCUT2D eigenvalue weighted by Crippen LogP contribution is 2.23. The van der Waals surface area contributed by atoms with Crippen molar-refractivity contribution in [3.05, 3.63) is 11.0 Å². The third kappa shape index (κ3) is 2.59. The fraction of sp³-hybridized carbons (Fsp3) is 0.286. The second-order valence-corrected chi connectivity index (χ2v) is 3.18. The minimum Gasteiger partial charge on any atom is -0.463 e. The van der Waals surface area contributed by atoms with Crippen LogP contribution in [-0.4, -0.2) is 23.7 Å². The van der Waals surface area contributed by atoms with E-state index in [1.54, 1.807) is 6.92 Å². The van der Waals surface area contributed by atoms with Crippen LogP contribution in [-0.2, 0) is 14.3 Å². The van der Waals surface area contributed by atoms with E-state index < -0.39 is 11.9 Å². The molecule has 0 saturated carbocycles. The smallest absolute Gasteiger partial charge is 0.332 e. The molecule has 0 aromatic carbocycles. The molecule has 0 saturated heterocycles. The molecular formula is C7H8N2O3S. The molecule has 0 unspecified atom stereocenters. The van der Waals surface area contributed by atoms with E-state index in [4.69, 9.17) is 5.73 Å². The molecule has 1 rings (SSSR count). The van der Waals surface area contributed by atoms with Gasteiger partial charge in [-0.25, -0.2) is 4.79 Å². The van der Waals surface area contributed by atoms with Gasteiger partial charge in [0.25, 0.3) is 5.91 Å². The van der Waals surface area contributed by atoms with Crippen LogP contribution in [0.25, 0.3) is 0 Å². The van der Waals surface area contributed by atoms with Crippen LogP contribution in [0.4, 0.5) is 0 Å². The lowest BCUT2D eigenvalue weighted by molar-refractivity contribution is -0.137. The standard InChI is InChI=1S/C7H8N2O3S/c1-2-12-5(10)3-4-6(11)9-7(8)13-4/h3H,2H2,1H3,(H2,8,9,11)/b4-3+.